The van der Waals surface area contributed by atoms with Crippen molar-refractivity contribution in [3.05, 3.63) is 95.7 Å². The number of hydrogen-bond acceptors (Lipinski definition) is 5. The number of rotatable bonds is 9. The molecule has 0 spiro atoms. The third-order valence-corrected chi connectivity index (χ3v) is 9.05. The number of imidazole rings is 1. The first-order chi connectivity index (χ1) is 19.0. The molecule has 0 atom stereocenters. The first-order valence-electron chi connectivity index (χ1n) is 12.8. The van der Waals surface area contributed by atoms with Crippen molar-refractivity contribution >= 4 is 10.0 Å². The molecule has 40 heavy (non-hydrogen) atoms. The molecule has 5 rings (SSSR count). The van der Waals surface area contributed by atoms with Crippen molar-refractivity contribution in [2.24, 2.45) is 0 Å². The van der Waals surface area contributed by atoms with Crippen molar-refractivity contribution in [1.29, 1.82) is 0 Å². The number of alkyl halides is 3. The Morgan fingerprint density at radius 1 is 1.05 bits per heavy atom. The lowest BCUT2D eigenvalue weighted by Gasteiger charge is -2.26. The molecule has 1 saturated carbocycles. The van der Waals surface area contributed by atoms with Crippen molar-refractivity contribution in [3.63, 3.8) is 0 Å². The van der Waals surface area contributed by atoms with Crippen LogP contribution in [0.15, 0.2) is 78.2 Å². The van der Waals surface area contributed by atoms with Gasteiger partial charge in [0.05, 0.1) is 29.6 Å². The van der Waals surface area contributed by atoms with Crippen molar-refractivity contribution in [1.82, 2.24) is 18.8 Å². The zero-order valence-corrected chi connectivity index (χ0v) is 22.9. The summed E-state index contributed by atoms with van der Waals surface area (Å²) >= 11 is 0. The number of nitrogens with zero attached hydrogens (tertiary/aromatic N) is 4. The molecule has 0 radical (unpaired) electrons. The SMILES string of the molecule is COc1ccc(CN(C)S(=O)(=O)c2ccc(Cc3ccc(C(F)(F)F)cn3)c(-c3cn(C4CCC4)cn3)c2)cc1. The van der Waals surface area contributed by atoms with Gasteiger partial charge < -0.3 is 9.30 Å². The van der Waals surface area contributed by atoms with E-state index in [1.807, 2.05) is 22.9 Å². The van der Waals surface area contributed by atoms with E-state index < -0.39 is 21.8 Å². The molecule has 0 bridgehead atoms. The molecule has 1 fully saturated rings. The molecule has 0 N–H and O–H groups in total. The molecule has 0 amide bonds. The number of sulfonamides is 1. The fraction of sp³-hybridized carbons (Fsp3) is 0.310. The Balaban J connectivity index is 1.47. The number of ether oxygens (including phenoxy) is 1. The van der Waals surface area contributed by atoms with Crippen LogP contribution in [0.1, 0.15) is 47.7 Å². The smallest absolute Gasteiger partial charge is 0.417 e. The predicted molar refractivity (Wildman–Crippen MR) is 144 cm³/mol. The van der Waals surface area contributed by atoms with Gasteiger partial charge in [0.25, 0.3) is 0 Å². The van der Waals surface area contributed by atoms with Crippen LogP contribution in [0.3, 0.4) is 0 Å². The quantitative estimate of drug-likeness (QED) is 0.243. The molecule has 0 saturated heterocycles. The Labute approximate surface area is 231 Å². The maximum Gasteiger partial charge on any atom is 0.417 e. The lowest BCUT2D eigenvalue weighted by atomic mass is 9.93. The monoisotopic (exact) mass is 570 g/mol. The Morgan fingerprint density at radius 2 is 1.80 bits per heavy atom. The van der Waals surface area contributed by atoms with E-state index in [9.17, 15) is 21.6 Å². The second-order valence-electron chi connectivity index (χ2n) is 9.93. The van der Waals surface area contributed by atoms with Crippen molar-refractivity contribution < 1.29 is 26.3 Å². The third kappa shape index (κ3) is 5.90. The molecule has 1 aliphatic rings. The van der Waals surface area contributed by atoms with Gasteiger partial charge in [-0.05, 0) is 66.8 Å². The minimum absolute atomic E-state index is 0.0980. The molecule has 2 aromatic carbocycles. The summed E-state index contributed by atoms with van der Waals surface area (Å²) in [7, 11) is -0.787. The van der Waals surface area contributed by atoms with Crippen LogP contribution in [-0.4, -0.2) is 41.4 Å². The highest BCUT2D eigenvalue weighted by Gasteiger charge is 2.31. The topological polar surface area (TPSA) is 77.3 Å². The molecule has 0 unspecified atom stereocenters. The lowest BCUT2D eigenvalue weighted by molar-refractivity contribution is -0.137. The van der Waals surface area contributed by atoms with Gasteiger partial charge in [-0.1, -0.05) is 18.2 Å². The van der Waals surface area contributed by atoms with E-state index in [0.717, 1.165) is 37.1 Å². The summed E-state index contributed by atoms with van der Waals surface area (Å²) in [5, 5.41) is 0. The van der Waals surface area contributed by atoms with Crippen LogP contribution in [0.5, 0.6) is 5.75 Å². The van der Waals surface area contributed by atoms with Crippen LogP contribution in [0.4, 0.5) is 13.2 Å². The molecule has 0 aliphatic heterocycles. The normalized spacial score (nSPS) is 14.3. The van der Waals surface area contributed by atoms with Gasteiger partial charge >= 0.3 is 6.18 Å². The van der Waals surface area contributed by atoms with Crippen LogP contribution < -0.4 is 4.74 Å². The number of methoxy groups -OCH3 is 1. The summed E-state index contributed by atoms with van der Waals surface area (Å²) in [5.74, 6) is 0.679. The highest BCUT2D eigenvalue weighted by Crippen LogP contribution is 2.35. The molecule has 210 valence electrons. The minimum atomic E-state index is -4.47. The van der Waals surface area contributed by atoms with E-state index in [4.69, 9.17) is 4.74 Å². The average Bonchev–Trinajstić information content (AvgIpc) is 3.37. The van der Waals surface area contributed by atoms with Crippen LogP contribution in [0.2, 0.25) is 0 Å². The van der Waals surface area contributed by atoms with E-state index in [0.29, 0.717) is 34.3 Å². The van der Waals surface area contributed by atoms with Crippen molar-refractivity contribution in [3.8, 4) is 17.0 Å². The highest BCUT2D eigenvalue weighted by atomic mass is 32.2. The summed E-state index contributed by atoms with van der Waals surface area (Å²) in [6.07, 6.45) is 3.47. The minimum Gasteiger partial charge on any atom is -0.497 e. The summed E-state index contributed by atoms with van der Waals surface area (Å²) < 4.78 is 74.7. The third-order valence-electron chi connectivity index (χ3n) is 7.25. The fourth-order valence-electron chi connectivity index (χ4n) is 4.61. The second-order valence-corrected chi connectivity index (χ2v) is 12.0. The number of benzene rings is 2. The van der Waals surface area contributed by atoms with Crippen LogP contribution in [0, 0.1) is 0 Å². The van der Waals surface area contributed by atoms with Gasteiger partial charge in [0.1, 0.15) is 5.75 Å². The number of aromatic nitrogens is 3. The molecule has 4 aromatic rings. The summed E-state index contributed by atoms with van der Waals surface area (Å²) in [6.45, 7) is 0.162. The molecule has 2 heterocycles. The van der Waals surface area contributed by atoms with Crippen molar-refractivity contribution in [2.45, 2.75) is 49.3 Å². The molecule has 1 aliphatic carbocycles. The molecule has 2 aromatic heterocycles. The summed E-state index contributed by atoms with van der Waals surface area (Å²) in [6, 6.07) is 14.7. The van der Waals surface area contributed by atoms with Gasteiger partial charge in [0.2, 0.25) is 10.0 Å². The standard InChI is InChI=1S/C29H29F3N4O3S/c1-35(17-20-6-11-25(39-2)12-7-20)40(37,38)26-13-8-21(14-23-10-9-22(16-33-23)29(30,31)32)27(15-26)28-18-36(19-34-28)24-4-3-5-24/h6-13,15-16,18-19,24H,3-5,14,17H2,1-2H3. The van der Waals surface area contributed by atoms with E-state index >= 15 is 0 Å². The van der Waals surface area contributed by atoms with Crippen LogP contribution >= 0.6 is 0 Å². The van der Waals surface area contributed by atoms with E-state index in [1.165, 1.54) is 23.5 Å². The predicted octanol–water partition coefficient (Wildman–Crippen LogP) is 6.11. The Morgan fingerprint density at radius 3 is 2.40 bits per heavy atom. The van der Waals surface area contributed by atoms with Crippen molar-refractivity contribution in [2.75, 3.05) is 14.2 Å². The Bertz CT molecular complexity index is 1580. The summed E-state index contributed by atoms with van der Waals surface area (Å²) in [5.41, 5.74) is 2.32. The van der Waals surface area contributed by atoms with Gasteiger partial charge in [-0.3, -0.25) is 4.98 Å². The number of halogens is 3. The largest absolute Gasteiger partial charge is 0.497 e. The maximum absolute atomic E-state index is 13.6. The van der Waals surface area contributed by atoms with Crippen LogP contribution in [0.25, 0.3) is 11.3 Å². The van der Waals surface area contributed by atoms with Crippen LogP contribution in [-0.2, 0) is 29.2 Å². The van der Waals surface area contributed by atoms with E-state index in [-0.39, 0.29) is 17.9 Å². The fourth-order valence-corrected chi connectivity index (χ4v) is 5.80. The zero-order chi connectivity index (χ0) is 28.5. The average molecular weight is 571 g/mol. The highest BCUT2D eigenvalue weighted by molar-refractivity contribution is 7.89. The lowest BCUT2D eigenvalue weighted by Crippen LogP contribution is -2.26. The first-order valence-corrected chi connectivity index (χ1v) is 14.3. The molecule has 7 nitrogen and oxygen atoms in total. The zero-order valence-electron chi connectivity index (χ0n) is 22.1. The number of hydrogen-bond donors (Lipinski definition) is 0. The van der Waals surface area contributed by atoms with Gasteiger partial charge in [0.15, 0.2) is 0 Å². The van der Waals surface area contributed by atoms with Gasteiger partial charge in [-0.2, -0.15) is 17.5 Å². The maximum atomic E-state index is 13.6. The Hall–Kier alpha value is -3.70. The molecular formula is C29H29F3N4O3S. The van der Waals surface area contributed by atoms with E-state index in [1.54, 1.807) is 37.7 Å². The number of pyridine rings is 1. The Kier molecular flexibility index (Phi) is 7.70. The van der Waals surface area contributed by atoms with Gasteiger partial charge in [-0.15, -0.1) is 0 Å². The van der Waals surface area contributed by atoms with Gasteiger partial charge in [0, 0.05) is 49.7 Å². The summed E-state index contributed by atoms with van der Waals surface area (Å²) in [4.78, 5) is 8.67. The first kappa shape index (κ1) is 27.9. The molecular weight excluding hydrogens is 541 g/mol. The second kappa shape index (κ2) is 11.1. The molecule has 11 heteroatoms. The van der Waals surface area contributed by atoms with Gasteiger partial charge in [-0.25, -0.2) is 13.4 Å². The van der Waals surface area contributed by atoms with E-state index in [2.05, 4.69) is 9.97 Å².